The molecule has 1 fully saturated rings. The van der Waals surface area contributed by atoms with Crippen LogP contribution in [0, 0.1) is 11.8 Å². The summed E-state index contributed by atoms with van der Waals surface area (Å²) in [7, 11) is 0. The number of thiophene rings is 1. The molecule has 1 aliphatic carbocycles. The normalized spacial score (nSPS) is 15.4. The number of carbonyl (C=O) groups excluding carboxylic acids is 1. The summed E-state index contributed by atoms with van der Waals surface area (Å²) >= 11 is 1.81. The van der Waals surface area contributed by atoms with Crippen LogP contribution < -0.4 is 16.0 Å². The lowest BCUT2D eigenvalue weighted by molar-refractivity contribution is -0.122. The Morgan fingerprint density at radius 3 is 2.79 bits per heavy atom. The minimum atomic E-state index is 0.145. The van der Waals surface area contributed by atoms with E-state index in [4.69, 9.17) is 4.99 Å². The van der Waals surface area contributed by atoms with Gasteiger partial charge in [0.2, 0.25) is 5.91 Å². The lowest BCUT2D eigenvalue weighted by Crippen LogP contribution is -2.39. The lowest BCUT2D eigenvalue weighted by atomic mass is 9.85. The molecule has 1 aromatic heterocycles. The van der Waals surface area contributed by atoms with Crippen LogP contribution in [-0.2, 0) is 17.8 Å². The number of rotatable bonds is 9. The van der Waals surface area contributed by atoms with E-state index in [0.717, 1.165) is 49.6 Å². The van der Waals surface area contributed by atoms with Gasteiger partial charge in [-0.2, -0.15) is 0 Å². The van der Waals surface area contributed by atoms with Gasteiger partial charge in [-0.3, -0.25) is 4.79 Å². The van der Waals surface area contributed by atoms with Crippen molar-refractivity contribution in [3.63, 3.8) is 0 Å². The molecule has 5 nitrogen and oxygen atoms in total. The third kappa shape index (κ3) is 6.89. The second-order valence-corrected chi connectivity index (χ2v) is 8.81. The minimum absolute atomic E-state index is 0.145. The number of hydrogen-bond donors (Lipinski definition) is 3. The molecular weight excluding hydrogens is 380 g/mol. The summed E-state index contributed by atoms with van der Waals surface area (Å²) in [5.41, 5.74) is 1.94. The Hall–Kier alpha value is -2.34. The average Bonchev–Trinajstić information content (AvgIpc) is 3.16. The summed E-state index contributed by atoms with van der Waals surface area (Å²) in [6, 6.07) is 12.3. The second kappa shape index (κ2) is 11.0. The number of amides is 1. The Morgan fingerprint density at radius 2 is 2.10 bits per heavy atom. The van der Waals surface area contributed by atoms with Crippen molar-refractivity contribution in [2.75, 3.05) is 18.4 Å². The van der Waals surface area contributed by atoms with E-state index in [-0.39, 0.29) is 11.8 Å². The fourth-order valence-electron chi connectivity index (χ4n) is 3.29. The van der Waals surface area contributed by atoms with E-state index in [1.807, 2.05) is 35.6 Å². The quantitative estimate of drug-likeness (QED) is 0.422. The highest BCUT2D eigenvalue weighted by atomic mass is 32.1. The van der Waals surface area contributed by atoms with Gasteiger partial charge >= 0.3 is 0 Å². The van der Waals surface area contributed by atoms with Crippen molar-refractivity contribution in [1.82, 2.24) is 10.6 Å². The zero-order chi connectivity index (χ0) is 20.5. The van der Waals surface area contributed by atoms with Gasteiger partial charge in [-0.05, 0) is 61.2 Å². The van der Waals surface area contributed by atoms with Gasteiger partial charge in [0, 0.05) is 29.6 Å². The first-order valence-electron chi connectivity index (χ1n) is 10.6. The zero-order valence-corrected chi connectivity index (χ0v) is 18.2. The highest BCUT2D eigenvalue weighted by Crippen LogP contribution is 2.27. The summed E-state index contributed by atoms with van der Waals surface area (Å²) in [5, 5.41) is 11.9. The van der Waals surface area contributed by atoms with Crippen molar-refractivity contribution in [2.45, 2.75) is 46.1 Å². The number of hydrogen-bond acceptors (Lipinski definition) is 3. The van der Waals surface area contributed by atoms with Crippen molar-refractivity contribution in [3.8, 4) is 0 Å². The number of nitrogens with one attached hydrogen (secondary N) is 3. The number of guanidine groups is 1. The predicted molar refractivity (Wildman–Crippen MR) is 122 cm³/mol. The summed E-state index contributed by atoms with van der Waals surface area (Å²) in [4.78, 5) is 18.3. The third-order valence-electron chi connectivity index (χ3n) is 5.18. The van der Waals surface area contributed by atoms with Gasteiger partial charge in [0.1, 0.15) is 0 Å². The van der Waals surface area contributed by atoms with Crippen LogP contribution in [0.15, 0.2) is 46.8 Å². The molecule has 1 unspecified atom stereocenters. The predicted octanol–water partition coefficient (Wildman–Crippen LogP) is 4.42. The highest BCUT2D eigenvalue weighted by Gasteiger charge is 2.25. The third-order valence-corrected chi connectivity index (χ3v) is 6.08. The summed E-state index contributed by atoms with van der Waals surface area (Å²) < 4.78 is 0. The van der Waals surface area contributed by atoms with E-state index in [9.17, 15) is 4.79 Å². The Bertz CT molecular complexity index is 799. The van der Waals surface area contributed by atoms with Crippen molar-refractivity contribution < 1.29 is 4.79 Å². The molecule has 0 saturated heterocycles. The Labute approximate surface area is 178 Å². The molecule has 156 valence electrons. The topological polar surface area (TPSA) is 65.5 Å². The lowest BCUT2D eigenvalue weighted by Gasteiger charge is -2.24. The number of benzene rings is 1. The molecule has 3 rings (SSSR count). The first-order valence-corrected chi connectivity index (χ1v) is 11.5. The molecule has 1 aromatic carbocycles. The first-order chi connectivity index (χ1) is 14.1. The first kappa shape index (κ1) is 21.4. The molecule has 1 heterocycles. The number of nitrogens with zero attached hydrogens (tertiary/aromatic N) is 1. The number of carbonyl (C=O) groups is 1. The molecule has 1 amide bonds. The maximum absolute atomic E-state index is 12.2. The van der Waals surface area contributed by atoms with Crippen LogP contribution in [0.5, 0.6) is 0 Å². The molecule has 6 heteroatoms. The van der Waals surface area contributed by atoms with E-state index in [0.29, 0.717) is 12.5 Å². The summed E-state index contributed by atoms with van der Waals surface area (Å²) in [6.07, 6.45) is 4.27. The van der Waals surface area contributed by atoms with Gasteiger partial charge in [-0.25, -0.2) is 4.99 Å². The largest absolute Gasteiger partial charge is 0.357 e. The molecule has 0 bridgehead atoms. The molecule has 1 atom stereocenters. The van der Waals surface area contributed by atoms with Crippen LogP contribution in [0.1, 0.15) is 43.6 Å². The fraction of sp³-hybridized carbons (Fsp3) is 0.478. The van der Waals surface area contributed by atoms with Crippen LogP contribution in [0.3, 0.4) is 0 Å². The molecule has 0 aliphatic heterocycles. The SMILES string of the molecule is CCNC(=NCc1cccc(NC(=O)C2CCC2)c1)NCC(C)Cc1cccs1. The number of aliphatic imine (C=N–C) groups is 1. The van der Waals surface area contributed by atoms with Gasteiger partial charge < -0.3 is 16.0 Å². The van der Waals surface area contributed by atoms with Crippen molar-refractivity contribution >= 4 is 28.9 Å². The molecule has 2 aromatic rings. The van der Waals surface area contributed by atoms with Crippen LogP contribution in [0.25, 0.3) is 0 Å². The monoisotopic (exact) mass is 412 g/mol. The average molecular weight is 413 g/mol. The molecule has 3 N–H and O–H groups in total. The smallest absolute Gasteiger partial charge is 0.227 e. The molecule has 29 heavy (non-hydrogen) atoms. The van der Waals surface area contributed by atoms with Crippen molar-refractivity contribution in [1.29, 1.82) is 0 Å². The van der Waals surface area contributed by atoms with Crippen LogP contribution in [-0.4, -0.2) is 25.0 Å². The van der Waals surface area contributed by atoms with E-state index in [1.165, 1.54) is 11.3 Å². The van der Waals surface area contributed by atoms with E-state index in [2.05, 4.69) is 47.3 Å². The minimum Gasteiger partial charge on any atom is -0.357 e. The Balaban J connectivity index is 1.52. The molecule has 0 spiro atoms. The maximum atomic E-state index is 12.2. The Morgan fingerprint density at radius 1 is 1.24 bits per heavy atom. The molecular formula is C23H32N4OS. The van der Waals surface area contributed by atoms with Crippen LogP contribution >= 0.6 is 11.3 Å². The Kier molecular flexibility index (Phi) is 8.11. The van der Waals surface area contributed by atoms with Crippen molar-refractivity contribution in [3.05, 3.63) is 52.2 Å². The van der Waals surface area contributed by atoms with E-state index in [1.54, 1.807) is 0 Å². The van der Waals surface area contributed by atoms with Crippen LogP contribution in [0.4, 0.5) is 5.69 Å². The maximum Gasteiger partial charge on any atom is 0.227 e. The molecule has 1 aliphatic rings. The molecule has 0 radical (unpaired) electrons. The summed E-state index contributed by atoms with van der Waals surface area (Å²) in [5.74, 6) is 1.70. The zero-order valence-electron chi connectivity index (χ0n) is 17.4. The molecule has 1 saturated carbocycles. The fourth-order valence-corrected chi connectivity index (χ4v) is 4.16. The van der Waals surface area contributed by atoms with Gasteiger partial charge in [-0.1, -0.05) is 31.5 Å². The number of anilines is 1. The van der Waals surface area contributed by atoms with Crippen LogP contribution in [0.2, 0.25) is 0 Å². The summed E-state index contributed by atoms with van der Waals surface area (Å²) in [6.45, 7) is 6.60. The van der Waals surface area contributed by atoms with Gasteiger partial charge in [0.05, 0.1) is 6.54 Å². The van der Waals surface area contributed by atoms with Gasteiger partial charge in [-0.15, -0.1) is 11.3 Å². The van der Waals surface area contributed by atoms with E-state index >= 15 is 0 Å². The second-order valence-electron chi connectivity index (χ2n) is 7.78. The highest BCUT2D eigenvalue weighted by molar-refractivity contribution is 7.09. The van der Waals surface area contributed by atoms with Gasteiger partial charge in [0.15, 0.2) is 5.96 Å². The standard InChI is InChI=1S/C23H32N4OS/c1-3-24-23(25-15-17(2)13-21-11-6-12-29-21)26-16-18-7-4-10-20(14-18)27-22(28)19-8-5-9-19/h4,6-7,10-12,14,17,19H,3,5,8-9,13,15-16H2,1-2H3,(H,27,28)(H2,24,25,26). The van der Waals surface area contributed by atoms with Gasteiger partial charge in [0.25, 0.3) is 0 Å². The van der Waals surface area contributed by atoms with E-state index < -0.39 is 0 Å². The van der Waals surface area contributed by atoms with Crippen molar-refractivity contribution in [2.24, 2.45) is 16.8 Å².